The summed E-state index contributed by atoms with van der Waals surface area (Å²) in [4.78, 5) is 15.3. The summed E-state index contributed by atoms with van der Waals surface area (Å²) in [5.41, 5.74) is 0.559. The van der Waals surface area contributed by atoms with Gasteiger partial charge in [0.25, 0.3) is 11.6 Å². The molecule has 0 spiro atoms. The molecule has 2 heterocycles. The van der Waals surface area contributed by atoms with Gasteiger partial charge in [0.15, 0.2) is 17.7 Å². The van der Waals surface area contributed by atoms with E-state index in [1.54, 1.807) is 23.6 Å². The van der Waals surface area contributed by atoms with E-state index >= 15 is 0 Å². The van der Waals surface area contributed by atoms with Gasteiger partial charge in [-0.25, -0.2) is 13.2 Å². The molecule has 3 aromatic rings. The third-order valence-corrected chi connectivity index (χ3v) is 4.45. The van der Waals surface area contributed by atoms with Crippen LogP contribution in [0.15, 0.2) is 47.3 Å². The normalized spacial score (nSPS) is 15.2. The molecule has 0 fully saturated rings. The SMILES string of the molecule is Cc1cc(=O)nc2n1CC(COc1ccc(-c3cc(F)cc(F)c3F)cc1)O2. The van der Waals surface area contributed by atoms with E-state index in [0.717, 1.165) is 11.8 Å². The first-order chi connectivity index (χ1) is 13.4. The number of ether oxygens (including phenoxy) is 2. The molecular formula is C20H15F3N2O3. The number of fused-ring (bicyclic) bond motifs is 1. The van der Waals surface area contributed by atoms with E-state index in [1.807, 2.05) is 0 Å². The maximum atomic E-state index is 13.9. The maximum Gasteiger partial charge on any atom is 0.300 e. The zero-order valence-corrected chi connectivity index (χ0v) is 14.8. The van der Waals surface area contributed by atoms with Gasteiger partial charge < -0.3 is 9.47 Å². The Morgan fingerprint density at radius 3 is 2.68 bits per heavy atom. The van der Waals surface area contributed by atoms with Crippen LogP contribution < -0.4 is 15.0 Å². The first-order valence-corrected chi connectivity index (χ1v) is 8.53. The van der Waals surface area contributed by atoms with E-state index in [-0.39, 0.29) is 29.8 Å². The van der Waals surface area contributed by atoms with Crippen LogP contribution in [-0.2, 0) is 6.54 Å². The van der Waals surface area contributed by atoms with Crippen molar-refractivity contribution in [3.8, 4) is 22.9 Å². The molecule has 8 heteroatoms. The molecule has 0 aliphatic carbocycles. The Balaban J connectivity index is 1.44. The van der Waals surface area contributed by atoms with E-state index in [0.29, 0.717) is 23.9 Å². The Hall–Kier alpha value is -3.29. The summed E-state index contributed by atoms with van der Waals surface area (Å²) in [7, 11) is 0. The highest BCUT2D eigenvalue weighted by atomic mass is 19.2. The Labute approximate surface area is 158 Å². The average molecular weight is 388 g/mol. The van der Waals surface area contributed by atoms with Crippen molar-refractivity contribution in [3.05, 3.63) is 76.0 Å². The van der Waals surface area contributed by atoms with Gasteiger partial charge in [-0.15, -0.1) is 0 Å². The topological polar surface area (TPSA) is 53.4 Å². The van der Waals surface area contributed by atoms with Crippen LogP contribution in [-0.4, -0.2) is 22.3 Å². The summed E-state index contributed by atoms with van der Waals surface area (Å²) in [6, 6.07) is 9.32. The zero-order chi connectivity index (χ0) is 19.8. The highest BCUT2D eigenvalue weighted by Crippen LogP contribution is 2.28. The van der Waals surface area contributed by atoms with Crippen LogP contribution in [0.2, 0.25) is 0 Å². The zero-order valence-electron chi connectivity index (χ0n) is 14.8. The lowest BCUT2D eigenvalue weighted by atomic mass is 10.0. The molecule has 0 bridgehead atoms. The second-order valence-corrected chi connectivity index (χ2v) is 6.45. The molecule has 0 N–H and O–H groups in total. The summed E-state index contributed by atoms with van der Waals surface area (Å²) in [5, 5.41) is 0. The maximum absolute atomic E-state index is 13.9. The van der Waals surface area contributed by atoms with E-state index < -0.39 is 17.5 Å². The number of hydrogen-bond donors (Lipinski definition) is 0. The van der Waals surface area contributed by atoms with Gasteiger partial charge in [-0.1, -0.05) is 12.1 Å². The molecule has 1 aliphatic rings. The highest BCUT2D eigenvalue weighted by Gasteiger charge is 2.25. The first-order valence-electron chi connectivity index (χ1n) is 8.53. The van der Waals surface area contributed by atoms with E-state index in [9.17, 15) is 18.0 Å². The van der Waals surface area contributed by atoms with Crippen LogP contribution >= 0.6 is 0 Å². The highest BCUT2D eigenvalue weighted by molar-refractivity contribution is 5.65. The Bertz CT molecular complexity index is 1100. The van der Waals surface area contributed by atoms with Crippen molar-refractivity contribution in [2.45, 2.75) is 19.6 Å². The fourth-order valence-electron chi connectivity index (χ4n) is 3.07. The standard InChI is InChI=1S/C20H15F3N2O3/c1-11-6-18(26)24-20-25(11)9-15(28-20)10-27-14-4-2-12(3-5-14)16-7-13(21)8-17(22)19(16)23/h2-8,15H,9-10H2,1H3. The van der Waals surface area contributed by atoms with Crippen molar-refractivity contribution < 1.29 is 22.6 Å². The summed E-state index contributed by atoms with van der Waals surface area (Å²) < 4.78 is 53.7. The van der Waals surface area contributed by atoms with Crippen LogP contribution in [0, 0.1) is 24.4 Å². The fraction of sp³-hybridized carbons (Fsp3) is 0.200. The quantitative estimate of drug-likeness (QED) is 0.643. The number of nitrogens with zero attached hydrogens (tertiary/aromatic N) is 2. The van der Waals surface area contributed by atoms with Gasteiger partial charge in [-0.3, -0.25) is 9.36 Å². The van der Waals surface area contributed by atoms with Crippen LogP contribution in [0.3, 0.4) is 0 Å². The Morgan fingerprint density at radius 1 is 1.18 bits per heavy atom. The molecule has 0 saturated carbocycles. The van der Waals surface area contributed by atoms with Crippen molar-refractivity contribution in [2.75, 3.05) is 6.61 Å². The third kappa shape index (κ3) is 3.45. The summed E-state index contributed by atoms with van der Waals surface area (Å²) >= 11 is 0. The number of rotatable bonds is 4. The Morgan fingerprint density at radius 2 is 1.93 bits per heavy atom. The summed E-state index contributed by atoms with van der Waals surface area (Å²) in [6.07, 6.45) is -0.317. The molecule has 5 nitrogen and oxygen atoms in total. The number of halogens is 3. The van der Waals surface area contributed by atoms with Crippen LogP contribution in [0.5, 0.6) is 11.8 Å². The largest absolute Gasteiger partial charge is 0.490 e. The molecular weight excluding hydrogens is 373 g/mol. The number of hydrogen-bond acceptors (Lipinski definition) is 4. The van der Waals surface area contributed by atoms with E-state index in [1.165, 1.54) is 18.2 Å². The Kier molecular flexibility index (Phi) is 4.54. The summed E-state index contributed by atoms with van der Waals surface area (Å²) in [5.74, 6) is -2.71. The predicted octanol–water partition coefficient (Wildman–Crippen LogP) is 3.48. The number of aryl methyl sites for hydroxylation is 1. The molecule has 0 amide bonds. The summed E-state index contributed by atoms with van der Waals surface area (Å²) in [6.45, 7) is 2.51. The van der Waals surface area contributed by atoms with Crippen molar-refractivity contribution in [3.63, 3.8) is 0 Å². The van der Waals surface area contributed by atoms with Gasteiger partial charge in [-0.05, 0) is 30.7 Å². The number of aromatic nitrogens is 2. The van der Waals surface area contributed by atoms with Gasteiger partial charge in [-0.2, -0.15) is 4.98 Å². The monoisotopic (exact) mass is 388 g/mol. The molecule has 144 valence electrons. The van der Waals surface area contributed by atoms with Gasteiger partial charge >= 0.3 is 0 Å². The fourth-order valence-corrected chi connectivity index (χ4v) is 3.07. The second-order valence-electron chi connectivity index (χ2n) is 6.45. The third-order valence-electron chi connectivity index (χ3n) is 4.45. The average Bonchev–Trinajstić information content (AvgIpc) is 3.07. The van der Waals surface area contributed by atoms with Crippen LogP contribution in [0.25, 0.3) is 11.1 Å². The molecule has 4 rings (SSSR count). The molecule has 1 unspecified atom stereocenters. The second kappa shape index (κ2) is 7.03. The smallest absolute Gasteiger partial charge is 0.300 e. The molecule has 1 aliphatic heterocycles. The lowest BCUT2D eigenvalue weighted by Crippen LogP contribution is -2.23. The number of benzene rings is 2. The molecule has 0 saturated heterocycles. The molecule has 0 radical (unpaired) electrons. The minimum absolute atomic E-state index is 0.162. The van der Waals surface area contributed by atoms with Crippen molar-refractivity contribution in [2.24, 2.45) is 0 Å². The lowest BCUT2D eigenvalue weighted by Gasteiger charge is -2.12. The first kappa shape index (κ1) is 18.1. The van der Waals surface area contributed by atoms with Crippen molar-refractivity contribution in [1.29, 1.82) is 0 Å². The van der Waals surface area contributed by atoms with Crippen molar-refractivity contribution in [1.82, 2.24) is 9.55 Å². The molecule has 28 heavy (non-hydrogen) atoms. The minimum Gasteiger partial charge on any atom is -0.490 e. The van der Waals surface area contributed by atoms with Gasteiger partial charge in [0, 0.05) is 23.4 Å². The van der Waals surface area contributed by atoms with E-state index in [4.69, 9.17) is 9.47 Å². The lowest BCUT2D eigenvalue weighted by molar-refractivity contribution is 0.143. The molecule has 2 aromatic carbocycles. The van der Waals surface area contributed by atoms with Gasteiger partial charge in [0.2, 0.25) is 0 Å². The van der Waals surface area contributed by atoms with Gasteiger partial charge in [0.1, 0.15) is 18.2 Å². The molecule has 1 aromatic heterocycles. The van der Waals surface area contributed by atoms with Crippen LogP contribution in [0.4, 0.5) is 13.2 Å². The molecule has 1 atom stereocenters. The van der Waals surface area contributed by atoms with E-state index in [2.05, 4.69) is 4.98 Å². The minimum atomic E-state index is -1.24. The van der Waals surface area contributed by atoms with Gasteiger partial charge in [0.05, 0.1) is 6.54 Å². The van der Waals surface area contributed by atoms with Crippen molar-refractivity contribution >= 4 is 0 Å². The predicted molar refractivity (Wildman–Crippen MR) is 94.9 cm³/mol. The van der Waals surface area contributed by atoms with Crippen LogP contribution in [0.1, 0.15) is 5.69 Å².